The van der Waals surface area contributed by atoms with Crippen molar-refractivity contribution in [1.82, 2.24) is 14.9 Å². The second-order valence-corrected chi connectivity index (χ2v) is 5.72. The molecule has 0 aliphatic carbocycles. The summed E-state index contributed by atoms with van der Waals surface area (Å²) in [5, 5.41) is 0. The summed E-state index contributed by atoms with van der Waals surface area (Å²) in [6, 6.07) is 8.44. The van der Waals surface area contributed by atoms with Gasteiger partial charge in [0.15, 0.2) is 0 Å². The minimum atomic E-state index is 0.393. The topological polar surface area (TPSA) is 29.0 Å². The van der Waals surface area contributed by atoms with Gasteiger partial charge in [0, 0.05) is 36.1 Å². The average molecular weight is 251 g/mol. The highest BCUT2D eigenvalue weighted by atomic mass is 15.2. The Bertz CT molecular complexity index is 569. The zero-order valence-corrected chi connectivity index (χ0v) is 10.9. The SMILES string of the molecule is c1cc(-c2ccc(C34CCN(CC3)C4)cn2)ccn1. The van der Waals surface area contributed by atoms with Gasteiger partial charge in [-0.05, 0) is 49.7 Å². The highest BCUT2D eigenvalue weighted by Crippen LogP contribution is 2.42. The van der Waals surface area contributed by atoms with Crippen molar-refractivity contribution in [3.05, 3.63) is 48.4 Å². The van der Waals surface area contributed by atoms with Crippen molar-refractivity contribution in [2.75, 3.05) is 19.6 Å². The molecule has 4 rings (SSSR count). The van der Waals surface area contributed by atoms with E-state index in [-0.39, 0.29) is 0 Å². The monoisotopic (exact) mass is 251 g/mol. The molecule has 4 heterocycles. The Kier molecular flexibility index (Phi) is 2.42. The molecule has 2 aromatic rings. The molecule has 0 amide bonds. The molecule has 0 aromatic carbocycles. The van der Waals surface area contributed by atoms with Crippen LogP contribution in [-0.2, 0) is 5.41 Å². The first-order chi connectivity index (χ1) is 9.36. The van der Waals surface area contributed by atoms with Crippen molar-refractivity contribution >= 4 is 0 Å². The molecule has 2 bridgehead atoms. The number of hydrogen-bond donors (Lipinski definition) is 0. The van der Waals surface area contributed by atoms with E-state index >= 15 is 0 Å². The summed E-state index contributed by atoms with van der Waals surface area (Å²) < 4.78 is 0. The van der Waals surface area contributed by atoms with Gasteiger partial charge in [0.1, 0.15) is 0 Å². The normalized spacial score (nSPS) is 28.7. The van der Waals surface area contributed by atoms with Crippen LogP contribution in [0.4, 0.5) is 0 Å². The van der Waals surface area contributed by atoms with Gasteiger partial charge in [0.25, 0.3) is 0 Å². The Morgan fingerprint density at radius 2 is 1.79 bits per heavy atom. The number of aromatic nitrogens is 2. The third-order valence-electron chi connectivity index (χ3n) is 4.69. The summed E-state index contributed by atoms with van der Waals surface area (Å²) in [6.45, 7) is 3.74. The van der Waals surface area contributed by atoms with Crippen molar-refractivity contribution in [1.29, 1.82) is 0 Å². The Morgan fingerprint density at radius 3 is 2.37 bits per heavy atom. The molecule has 0 N–H and O–H groups in total. The molecule has 0 radical (unpaired) electrons. The standard InChI is InChI=1S/C16H17N3/c1-2-15(13-3-7-17-8-4-13)18-11-14(1)16-5-9-19(12-16)10-6-16/h1-4,7-8,11H,5-6,9-10,12H2. The highest BCUT2D eigenvalue weighted by Gasteiger charge is 2.44. The zero-order chi connectivity index (χ0) is 12.7. The van der Waals surface area contributed by atoms with Crippen LogP contribution < -0.4 is 0 Å². The maximum Gasteiger partial charge on any atom is 0.0703 e. The summed E-state index contributed by atoms with van der Waals surface area (Å²) in [4.78, 5) is 11.3. The van der Waals surface area contributed by atoms with Crippen LogP contribution in [0.5, 0.6) is 0 Å². The predicted molar refractivity (Wildman–Crippen MR) is 74.8 cm³/mol. The van der Waals surface area contributed by atoms with E-state index in [1.807, 2.05) is 24.5 Å². The van der Waals surface area contributed by atoms with Crippen LogP contribution in [0.3, 0.4) is 0 Å². The summed E-state index contributed by atoms with van der Waals surface area (Å²) in [7, 11) is 0. The van der Waals surface area contributed by atoms with Gasteiger partial charge in [0.05, 0.1) is 5.69 Å². The Balaban J connectivity index is 1.67. The van der Waals surface area contributed by atoms with Crippen LogP contribution in [0, 0.1) is 0 Å². The number of pyridine rings is 2. The van der Waals surface area contributed by atoms with Crippen LogP contribution in [0.2, 0.25) is 0 Å². The second-order valence-electron chi connectivity index (χ2n) is 5.72. The highest BCUT2D eigenvalue weighted by molar-refractivity contribution is 5.58. The Hall–Kier alpha value is -1.74. The van der Waals surface area contributed by atoms with Gasteiger partial charge in [-0.1, -0.05) is 6.07 Å². The Morgan fingerprint density at radius 1 is 1.00 bits per heavy atom. The van der Waals surface area contributed by atoms with E-state index in [0.29, 0.717) is 5.41 Å². The van der Waals surface area contributed by atoms with E-state index in [1.54, 1.807) is 0 Å². The predicted octanol–water partition coefficient (Wildman–Crippen LogP) is 2.49. The van der Waals surface area contributed by atoms with Gasteiger partial charge >= 0.3 is 0 Å². The van der Waals surface area contributed by atoms with E-state index in [2.05, 4.69) is 33.2 Å². The molecular weight excluding hydrogens is 234 g/mol. The first-order valence-corrected chi connectivity index (χ1v) is 6.95. The first-order valence-electron chi connectivity index (χ1n) is 6.95. The molecule has 2 aliphatic heterocycles. The van der Waals surface area contributed by atoms with Gasteiger partial charge in [-0.2, -0.15) is 0 Å². The fourth-order valence-corrected chi connectivity index (χ4v) is 3.51. The van der Waals surface area contributed by atoms with Crippen molar-refractivity contribution in [3.8, 4) is 11.3 Å². The third-order valence-corrected chi connectivity index (χ3v) is 4.69. The molecule has 0 saturated carbocycles. The minimum absolute atomic E-state index is 0.393. The molecule has 2 aromatic heterocycles. The molecular formula is C16H17N3. The second kappa shape index (κ2) is 4.14. The molecule has 2 fully saturated rings. The van der Waals surface area contributed by atoms with E-state index < -0.39 is 0 Å². The van der Waals surface area contributed by atoms with Crippen molar-refractivity contribution < 1.29 is 0 Å². The van der Waals surface area contributed by atoms with Crippen LogP contribution in [-0.4, -0.2) is 34.5 Å². The maximum absolute atomic E-state index is 4.66. The van der Waals surface area contributed by atoms with Crippen LogP contribution >= 0.6 is 0 Å². The molecule has 96 valence electrons. The smallest absolute Gasteiger partial charge is 0.0703 e. The van der Waals surface area contributed by atoms with Crippen LogP contribution in [0.25, 0.3) is 11.3 Å². The Labute approximate surface area is 113 Å². The molecule has 0 spiro atoms. The van der Waals surface area contributed by atoms with E-state index in [0.717, 1.165) is 11.3 Å². The molecule has 3 heteroatoms. The maximum atomic E-state index is 4.66. The fourth-order valence-electron chi connectivity index (χ4n) is 3.51. The average Bonchev–Trinajstić information content (AvgIpc) is 3.10. The van der Waals surface area contributed by atoms with Gasteiger partial charge in [0.2, 0.25) is 0 Å². The first kappa shape index (κ1) is 11.1. The van der Waals surface area contributed by atoms with Crippen molar-refractivity contribution in [3.63, 3.8) is 0 Å². The molecule has 0 unspecified atom stereocenters. The number of hydrogen-bond acceptors (Lipinski definition) is 3. The van der Waals surface area contributed by atoms with Gasteiger partial charge < -0.3 is 4.90 Å². The molecule has 2 saturated heterocycles. The van der Waals surface area contributed by atoms with E-state index in [1.165, 1.54) is 38.0 Å². The lowest BCUT2D eigenvalue weighted by Crippen LogP contribution is -2.24. The summed E-state index contributed by atoms with van der Waals surface area (Å²) in [5.41, 5.74) is 3.99. The zero-order valence-electron chi connectivity index (χ0n) is 10.9. The molecule has 0 atom stereocenters. The lowest BCUT2D eigenvalue weighted by Gasteiger charge is -2.25. The quantitative estimate of drug-likeness (QED) is 0.821. The molecule has 19 heavy (non-hydrogen) atoms. The van der Waals surface area contributed by atoms with Crippen molar-refractivity contribution in [2.24, 2.45) is 0 Å². The van der Waals surface area contributed by atoms with Crippen molar-refractivity contribution in [2.45, 2.75) is 18.3 Å². The lowest BCUT2D eigenvalue weighted by molar-refractivity contribution is 0.364. The summed E-state index contributed by atoms with van der Waals surface area (Å²) >= 11 is 0. The van der Waals surface area contributed by atoms with Crippen LogP contribution in [0.15, 0.2) is 42.9 Å². The fraction of sp³-hybridized carbons (Fsp3) is 0.375. The van der Waals surface area contributed by atoms with Gasteiger partial charge in [-0.25, -0.2) is 0 Å². The third kappa shape index (κ3) is 1.77. The van der Waals surface area contributed by atoms with Crippen LogP contribution in [0.1, 0.15) is 18.4 Å². The largest absolute Gasteiger partial charge is 0.302 e. The number of fused-ring (bicyclic) bond motifs is 2. The number of rotatable bonds is 2. The van der Waals surface area contributed by atoms with E-state index in [4.69, 9.17) is 0 Å². The molecule has 3 nitrogen and oxygen atoms in total. The van der Waals surface area contributed by atoms with Gasteiger partial charge in [-0.3, -0.25) is 9.97 Å². The summed E-state index contributed by atoms with van der Waals surface area (Å²) in [5.74, 6) is 0. The lowest BCUT2D eigenvalue weighted by atomic mass is 9.78. The minimum Gasteiger partial charge on any atom is -0.302 e. The number of nitrogens with zero attached hydrogens (tertiary/aromatic N) is 3. The molecule has 2 aliphatic rings. The van der Waals surface area contributed by atoms with Gasteiger partial charge in [-0.15, -0.1) is 0 Å². The summed E-state index contributed by atoms with van der Waals surface area (Å²) in [6.07, 6.45) is 8.31. The number of piperidine rings is 1. The van der Waals surface area contributed by atoms with E-state index in [9.17, 15) is 0 Å².